The van der Waals surface area contributed by atoms with E-state index >= 15 is 0 Å². The highest BCUT2D eigenvalue weighted by Gasteiger charge is 2.23. The molecule has 1 heterocycles. The van der Waals surface area contributed by atoms with Crippen LogP contribution in [-0.2, 0) is 11.4 Å². The Hall–Kier alpha value is -3.33. The minimum atomic E-state index is -0.0838. The summed E-state index contributed by atoms with van der Waals surface area (Å²) in [6.07, 6.45) is 1.89. The van der Waals surface area contributed by atoms with Crippen LogP contribution in [0.15, 0.2) is 72.8 Å². The Morgan fingerprint density at radius 1 is 0.923 bits per heavy atom. The lowest BCUT2D eigenvalue weighted by Crippen LogP contribution is -2.04. The number of carbonyl (C=O) groups excluding carboxylic acids is 1. The molecule has 0 unspecified atom stereocenters. The largest absolute Gasteiger partial charge is 0.488 e. The van der Waals surface area contributed by atoms with Gasteiger partial charge in [-0.2, -0.15) is 0 Å². The third-order valence-electron chi connectivity index (χ3n) is 4.44. The highest BCUT2D eigenvalue weighted by atomic mass is 16.5. The molecule has 0 saturated carbocycles. The summed E-state index contributed by atoms with van der Waals surface area (Å²) < 4.78 is 6.02. The van der Waals surface area contributed by atoms with E-state index in [2.05, 4.69) is 36.5 Å². The van der Waals surface area contributed by atoms with Crippen LogP contribution in [0.5, 0.6) is 5.75 Å². The molecule has 1 aliphatic heterocycles. The average Bonchev–Trinajstić information content (AvgIpc) is 2.98. The SMILES string of the molecule is Cc1ccc(COc2ccccc2/C=C2\C(=O)Nc3ccccc32)cc1. The van der Waals surface area contributed by atoms with Crippen molar-refractivity contribution in [1.29, 1.82) is 0 Å². The standard InChI is InChI=1S/C23H19NO2/c1-16-10-12-17(13-11-16)15-26-22-9-5-2-6-18(22)14-20-19-7-3-4-8-21(19)24-23(20)25/h2-14H,15H2,1H3,(H,24,25)/b20-14-. The van der Waals surface area contributed by atoms with E-state index in [0.29, 0.717) is 12.2 Å². The van der Waals surface area contributed by atoms with Gasteiger partial charge >= 0.3 is 0 Å². The van der Waals surface area contributed by atoms with Gasteiger partial charge in [-0.15, -0.1) is 0 Å². The molecule has 0 saturated heterocycles. The normalized spacial score (nSPS) is 14.2. The summed E-state index contributed by atoms with van der Waals surface area (Å²) in [5.74, 6) is 0.678. The summed E-state index contributed by atoms with van der Waals surface area (Å²) in [4.78, 5) is 12.3. The number of hydrogen-bond donors (Lipinski definition) is 1. The van der Waals surface area contributed by atoms with Crippen molar-refractivity contribution in [3.8, 4) is 5.75 Å². The number of fused-ring (bicyclic) bond motifs is 1. The fraction of sp³-hybridized carbons (Fsp3) is 0.0870. The first kappa shape index (κ1) is 16.2. The van der Waals surface area contributed by atoms with Crippen LogP contribution in [0.25, 0.3) is 11.6 Å². The van der Waals surface area contributed by atoms with Crippen LogP contribution in [0.1, 0.15) is 22.3 Å². The molecule has 0 fully saturated rings. The van der Waals surface area contributed by atoms with Gasteiger partial charge in [0.2, 0.25) is 0 Å². The lowest BCUT2D eigenvalue weighted by Gasteiger charge is -2.10. The van der Waals surface area contributed by atoms with E-state index in [4.69, 9.17) is 4.74 Å². The Morgan fingerprint density at radius 3 is 2.50 bits per heavy atom. The quantitative estimate of drug-likeness (QED) is 0.673. The predicted octanol–water partition coefficient (Wildman–Crippen LogP) is 5.07. The third kappa shape index (κ3) is 3.24. The van der Waals surface area contributed by atoms with Crippen LogP contribution in [-0.4, -0.2) is 5.91 Å². The molecular formula is C23H19NO2. The van der Waals surface area contributed by atoms with Crippen molar-refractivity contribution < 1.29 is 9.53 Å². The number of rotatable bonds is 4. The monoisotopic (exact) mass is 341 g/mol. The highest BCUT2D eigenvalue weighted by molar-refractivity contribution is 6.35. The van der Waals surface area contributed by atoms with E-state index in [9.17, 15) is 4.79 Å². The second kappa shape index (κ2) is 6.89. The van der Waals surface area contributed by atoms with Gasteiger partial charge in [0.05, 0.1) is 0 Å². The average molecular weight is 341 g/mol. The van der Waals surface area contributed by atoms with Gasteiger partial charge in [0.1, 0.15) is 12.4 Å². The van der Waals surface area contributed by atoms with Crippen molar-refractivity contribution in [3.63, 3.8) is 0 Å². The summed E-state index contributed by atoms with van der Waals surface area (Å²) in [5.41, 5.74) is 5.66. The Bertz CT molecular complexity index is 987. The van der Waals surface area contributed by atoms with E-state index in [1.165, 1.54) is 5.56 Å². The summed E-state index contributed by atoms with van der Waals surface area (Å²) >= 11 is 0. The van der Waals surface area contributed by atoms with Gasteiger partial charge in [-0.3, -0.25) is 4.79 Å². The Morgan fingerprint density at radius 2 is 1.65 bits per heavy atom. The number of nitrogens with one attached hydrogen (secondary N) is 1. The zero-order valence-corrected chi connectivity index (χ0v) is 14.5. The molecule has 1 amide bonds. The topological polar surface area (TPSA) is 38.3 Å². The third-order valence-corrected chi connectivity index (χ3v) is 4.44. The molecule has 0 radical (unpaired) electrons. The number of amides is 1. The highest BCUT2D eigenvalue weighted by Crippen LogP contribution is 2.34. The number of para-hydroxylation sites is 2. The molecule has 3 aromatic carbocycles. The molecule has 4 rings (SSSR count). The maximum atomic E-state index is 12.3. The van der Waals surface area contributed by atoms with Crippen LogP contribution in [0.2, 0.25) is 0 Å². The molecule has 26 heavy (non-hydrogen) atoms. The van der Waals surface area contributed by atoms with Crippen molar-refractivity contribution in [2.24, 2.45) is 0 Å². The van der Waals surface area contributed by atoms with Gasteiger partial charge in [-0.1, -0.05) is 66.2 Å². The van der Waals surface area contributed by atoms with Crippen molar-refractivity contribution in [3.05, 3.63) is 95.1 Å². The van der Waals surface area contributed by atoms with E-state index in [0.717, 1.165) is 28.1 Å². The van der Waals surface area contributed by atoms with Gasteiger partial charge in [0.25, 0.3) is 5.91 Å². The number of benzene rings is 3. The molecule has 0 atom stereocenters. The van der Waals surface area contributed by atoms with Crippen LogP contribution in [0.3, 0.4) is 0 Å². The van der Waals surface area contributed by atoms with Gasteiger partial charge < -0.3 is 10.1 Å². The fourth-order valence-electron chi connectivity index (χ4n) is 3.01. The van der Waals surface area contributed by atoms with Crippen molar-refractivity contribution in [2.75, 3.05) is 5.32 Å². The van der Waals surface area contributed by atoms with Crippen molar-refractivity contribution in [1.82, 2.24) is 0 Å². The first-order valence-corrected chi connectivity index (χ1v) is 8.60. The first-order valence-electron chi connectivity index (χ1n) is 8.60. The van der Waals surface area contributed by atoms with Gasteiger partial charge in [0, 0.05) is 22.4 Å². The van der Waals surface area contributed by atoms with Crippen LogP contribution in [0.4, 0.5) is 5.69 Å². The first-order chi connectivity index (χ1) is 12.7. The Balaban J connectivity index is 1.62. The van der Waals surface area contributed by atoms with Crippen molar-refractivity contribution >= 4 is 23.2 Å². The lowest BCUT2D eigenvalue weighted by atomic mass is 10.0. The Kier molecular flexibility index (Phi) is 4.28. The number of carbonyl (C=O) groups is 1. The molecule has 3 heteroatoms. The molecule has 0 bridgehead atoms. The summed E-state index contributed by atoms with van der Waals surface area (Å²) in [6.45, 7) is 2.56. The summed E-state index contributed by atoms with van der Waals surface area (Å²) in [7, 11) is 0. The second-order valence-electron chi connectivity index (χ2n) is 6.37. The zero-order valence-electron chi connectivity index (χ0n) is 14.5. The van der Waals surface area contributed by atoms with Gasteiger partial charge in [0.15, 0.2) is 0 Å². The fourth-order valence-corrected chi connectivity index (χ4v) is 3.01. The number of aryl methyl sites for hydroxylation is 1. The molecule has 128 valence electrons. The van der Waals surface area contributed by atoms with E-state index < -0.39 is 0 Å². The second-order valence-corrected chi connectivity index (χ2v) is 6.37. The summed E-state index contributed by atoms with van der Waals surface area (Å²) in [6, 6.07) is 23.8. The van der Waals surface area contributed by atoms with E-state index in [-0.39, 0.29) is 5.91 Å². The minimum Gasteiger partial charge on any atom is -0.488 e. The smallest absolute Gasteiger partial charge is 0.256 e. The molecule has 3 nitrogen and oxygen atoms in total. The molecule has 3 aromatic rings. The van der Waals surface area contributed by atoms with Crippen LogP contribution in [0, 0.1) is 6.92 Å². The van der Waals surface area contributed by atoms with Crippen molar-refractivity contribution in [2.45, 2.75) is 13.5 Å². The molecule has 0 spiro atoms. The predicted molar refractivity (Wildman–Crippen MR) is 105 cm³/mol. The maximum absolute atomic E-state index is 12.3. The molecule has 1 aliphatic rings. The molecule has 0 aliphatic carbocycles. The maximum Gasteiger partial charge on any atom is 0.256 e. The van der Waals surface area contributed by atoms with Gasteiger partial charge in [-0.25, -0.2) is 0 Å². The molecule has 1 N–H and O–H groups in total. The van der Waals surface area contributed by atoms with Gasteiger partial charge in [-0.05, 0) is 30.7 Å². The molecular weight excluding hydrogens is 322 g/mol. The molecule has 0 aromatic heterocycles. The minimum absolute atomic E-state index is 0.0838. The van der Waals surface area contributed by atoms with Crippen LogP contribution < -0.4 is 10.1 Å². The van der Waals surface area contributed by atoms with Crippen LogP contribution >= 0.6 is 0 Å². The van der Waals surface area contributed by atoms with E-state index in [1.807, 2.05) is 54.6 Å². The number of hydrogen-bond acceptors (Lipinski definition) is 2. The Labute approximate surface area is 152 Å². The number of ether oxygens (including phenoxy) is 1. The van der Waals surface area contributed by atoms with E-state index in [1.54, 1.807) is 0 Å². The zero-order chi connectivity index (χ0) is 17.9. The number of anilines is 1. The summed E-state index contributed by atoms with van der Waals surface area (Å²) in [5, 5.41) is 2.90. The lowest BCUT2D eigenvalue weighted by molar-refractivity contribution is -0.110.